The van der Waals surface area contributed by atoms with Crippen LogP contribution in [0.4, 0.5) is 0 Å². The van der Waals surface area contributed by atoms with E-state index in [1.54, 1.807) is 0 Å². The summed E-state index contributed by atoms with van der Waals surface area (Å²) in [6, 6.07) is 16.9. The second-order valence-electron chi connectivity index (χ2n) is 5.92. The summed E-state index contributed by atoms with van der Waals surface area (Å²) >= 11 is 0. The molecule has 4 rings (SSSR count). The zero-order valence-electron chi connectivity index (χ0n) is 13.2. The molecule has 0 aliphatic carbocycles. The van der Waals surface area contributed by atoms with Crippen molar-refractivity contribution in [3.63, 3.8) is 0 Å². The van der Waals surface area contributed by atoms with E-state index >= 15 is 0 Å². The van der Waals surface area contributed by atoms with Crippen LogP contribution in [0.1, 0.15) is 12.5 Å². The van der Waals surface area contributed by atoms with Crippen LogP contribution in [-0.2, 0) is 6.42 Å². The van der Waals surface area contributed by atoms with E-state index < -0.39 is 0 Å². The van der Waals surface area contributed by atoms with Gasteiger partial charge in [0.25, 0.3) is 0 Å². The second-order valence-corrected chi connectivity index (χ2v) is 5.92. The maximum atomic E-state index is 4.65. The molecular formula is C21H18N2. The van der Waals surface area contributed by atoms with Gasteiger partial charge in [-0.1, -0.05) is 54.6 Å². The summed E-state index contributed by atoms with van der Waals surface area (Å²) in [7, 11) is 0. The molecule has 0 aliphatic heterocycles. The number of aromatic nitrogens is 2. The number of benzene rings is 2. The fourth-order valence-corrected chi connectivity index (χ4v) is 3.21. The third kappa shape index (κ3) is 2.23. The second kappa shape index (κ2) is 5.40. The first-order valence-electron chi connectivity index (χ1n) is 7.83. The lowest BCUT2D eigenvalue weighted by Gasteiger charge is -2.03. The van der Waals surface area contributed by atoms with Crippen molar-refractivity contribution in [1.82, 2.24) is 9.38 Å². The van der Waals surface area contributed by atoms with Gasteiger partial charge in [-0.05, 0) is 37.1 Å². The number of rotatable bonds is 3. The monoisotopic (exact) mass is 298 g/mol. The van der Waals surface area contributed by atoms with Gasteiger partial charge in [-0.15, -0.1) is 0 Å². The molecule has 0 atom stereocenters. The van der Waals surface area contributed by atoms with Crippen LogP contribution in [0.2, 0.25) is 0 Å². The molecule has 0 spiro atoms. The quantitative estimate of drug-likeness (QED) is 0.468. The lowest BCUT2D eigenvalue weighted by molar-refractivity contribution is 1.23. The molecule has 23 heavy (non-hydrogen) atoms. The molecule has 2 heteroatoms. The summed E-state index contributed by atoms with van der Waals surface area (Å²) in [4.78, 5) is 4.65. The Kier molecular flexibility index (Phi) is 3.23. The highest BCUT2D eigenvalue weighted by atomic mass is 14.9. The highest BCUT2D eigenvalue weighted by Gasteiger charge is 2.12. The minimum atomic E-state index is 0.879. The zero-order chi connectivity index (χ0) is 15.8. The fraction of sp³-hybridized carbons (Fsp3) is 0.0952. The third-order valence-electron chi connectivity index (χ3n) is 4.19. The van der Waals surface area contributed by atoms with Crippen LogP contribution in [0.15, 0.2) is 79.0 Å². The average Bonchev–Trinajstić information content (AvgIpc) is 2.89. The van der Waals surface area contributed by atoms with Crippen LogP contribution < -0.4 is 0 Å². The van der Waals surface area contributed by atoms with Crippen molar-refractivity contribution in [2.45, 2.75) is 13.3 Å². The Morgan fingerprint density at radius 1 is 1.04 bits per heavy atom. The predicted molar refractivity (Wildman–Crippen MR) is 97.9 cm³/mol. The standard InChI is InChI=1S/C21H18N2/c1-15(2)8-7-10-17-16-9-3-5-12-19(16)23-20-13-6-4-11-18(20)22-14-21(17)23/h3-9,11-14H,1,10H2,2H3/b8-7-. The smallest absolute Gasteiger partial charge is 0.0871 e. The van der Waals surface area contributed by atoms with Crippen LogP contribution >= 0.6 is 0 Å². The van der Waals surface area contributed by atoms with Crippen molar-refractivity contribution in [2.24, 2.45) is 0 Å². The minimum Gasteiger partial charge on any atom is -0.306 e. The van der Waals surface area contributed by atoms with Gasteiger partial charge >= 0.3 is 0 Å². The molecule has 112 valence electrons. The van der Waals surface area contributed by atoms with Crippen molar-refractivity contribution in [1.29, 1.82) is 0 Å². The molecule has 2 heterocycles. The van der Waals surface area contributed by atoms with Crippen LogP contribution in [0.25, 0.3) is 27.5 Å². The summed E-state index contributed by atoms with van der Waals surface area (Å²) in [5, 5.41) is 1.29. The summed E-state index contributed by atoms with van der Waals surface area (Å²) in [5.74, 6) is 0. The van der Waals surface area contributed by atoms with E-state index in [1.165, 1.54) is 22.0 Å². The topological polar surface area (TPSA) is 17.3 Å². The maximum Gasteiger partial charge on any atom is 0.0871 e. The van der Waals surface area contributed by atoms with Gasteiger partial charge in [0.05, 0.1) is 28.3 Å². The SMILES string of the molecule is C=C(C)/C=C\Cc1c2ccccc2n2c1cnc1ccccc12. The Labute approximate surface area is 135 Å². The van der Waals surface area contributed by atoms with Crippen molar-refractivity contribution in [3.05, 3.63) is 84.6 Å². The van der Waals surface area contributed by atoms with Crippen LogP contribution in [0.5, 0.6) is 0 Å². The van der Waals surface area contributed by atoms with E-state index in [0.717, 1.165) is 23.0 Å². The lowest BCUT2D eigenvalue weighted by Crippen LogP contribution is -1.91. The summed E-state index contributed by atoms with van der Waals surface area (Å²) in [6.45, 7) is 5.95. The molecule has 2 nitrogen and oxygen atoms in total. The Bertz CT molecular complexity index is 1070. The van der Waals surface area contributed by atoms with E-state index in [0.29, 0.717) is 0 Å². The van der Waals surface area contributed by atoms with E-state index in [4.69, 9.17) is 0 Å². The Morgan fingerprint density at radius 3 is 2.61 bits per heavy atom. The molecule has 2 aromatic heterocycles. The molecule has 4 aromatic rings. The van der Waals surface area contributed by atoms with E-state index in [-0.39, 0.29) is 0 Å². The van der Waals surface area contributed by atoms with Crippen LogP contribution in [0.3, 0.4) is 0 Å². The van der Waals surface area contributed by atoms with Crippen molar-refractivity contribution in [3.8, 4) is 0 Å². The number of para-hydroxylation sites is 3. The molecule has 0 saturated heterocycles. The minimum absolute atomic E-state index is 0.879. The van der Waals surface area contributed by atoms with Crippen molar-refractivity contribution < 1.29 is 0 Å². The van der Waals surface area contributed by atoms with Crippen molar-refractivity contribution in [2.75, 3.05) is 0 Å². The molecule has 0 fully saturated rings. The highest BCUT2D eigenvalue weighted by molar-refractivity contribution is 5.96. The van der Waals surface area contributed by atoms with Gasteiger partial charge in [0, 0.05) is 5.39 Å². The number of hydrogen-bond acceptors (Lipinski definition) is 1. The first-order valence-corrected chi connectivity index (χ1v) is 7.83. The van der Waals surface area contributed by atoms with E-state index in [9.17, 15) is 0 Å². The van der Waals surface area contributed by atoms with E-state index in [1.807, 2.05) is 19.2 Å². The average molecular weight is 298 g/mol. The lowest BCUT2D eigenvalue weighted by atomic mass is 10.1. The highest BCUT2D eigenvalue weighted by Crippen LogP contribution is 2.30. The van der Waals surface area contributed by atoms with Gasteiger partial charge in [-0.25, -0.2) is 0 Å². The van der Waals surface area contributed by atoms with Gasteiger partial charge in [-0.2, -0.15) is 0 Å². The van der Waals surface area contributed by atoms with Gasteiger partial charge in [-0.3, -0.25) is 4.98 Å². The largest absolute Gasteiger partial charge is 0.306 e. The van der Waals surface area contributed by atoms with Crippen LogP contribution in [0, 0.1) is 0 Å². The number of hydrogen-bond donors (Lipinski definition) is 0. The maximum absolute atomic E-state index is 4.65. The summed E-state index contributed by atoms with van der Waals surface area (Å²) in [5.41, 5.74) is 6.97. The van der Waals surface area contributed by atoms with Gasteiger partial charge in [0.1, 0.15) is 0 Å². The molecule has 0 aliphatic rings. The molecule has 0 N–H and O–H groups in total. The molecule has 0 amide bonds. The number of allylic oxidation sites excluding steroid dienone is 3. The first-order chi connectivity index (χ1) is 11.3. The van der Waals surface area contributed by atoms with E-state index in [2.05, 4.69) is 70.6 Å². The normalized spacial score (nSPS) is 11.9. The van der Waals surface area contributed by atoms with Gasteiger partial charge in [0.2, 0.25) is 0 Å². The van der Waals surface area contributed by atoms with Crippen molar-refractivity contribution >= 4 is 27.5 Å². The predicted octanol–water partition coefficient (Wildman–Crippen LogP) is 5.32. The number of fused-ring (bicyclic) bond motifs is 5. The molecule has 0 bridgehead atoms. The van der Waals surface area contributed by atoms with Crippen LogP contribution in [-0.4, -0.2) is 9.38 Å². The molecule has 0 radical (unpaired) electrons. The Balaban J connectivity index is 2.08. The summed E-state index contributed by atoms with van der Waals surface area (Å²) in [6.07, 6.45) is 7.13. The number of nitrogens with zero attached hydrogens (tertiary/aromatic N) is 2. The van der Waals surface area contributed by atoms with Gasteiger partial charge in [0.15, 0.2) is 0 Å². The Morgan fingerprint density at radius 2 is 1.78 bits per heavy atom. The summed E-state index contributed by atoms with van der Waals surface area (Å²) < 4.78 is 2.32. The fourth-order valence-electron chi connectivity index (χ4n) is 3.21. The molecule has 2 aromatic carbocycles. The third-order valence-corrected chi connectivity index (χ3v) is 4.19. The first kappa shape index (κ1) is 13.8. The zero-order valence-corrected chi connectivity index (χ0v) is 13.2. The van der Waals surface area contributed by atoms with Gasteiger partial charge < -0.3 is 4.40 Å². The molecule has 0 unspecified atom stereocenters. The Hall–Kier alpha value is -2.87. The molecule has 0 saturated carbocycles. The molecular weight excluding hydrogens is 280 g/mol.